The van der Waals surface area contributed by atoms with E-state index in [4.69, 9.17) is 38.4 Å². The zero-order valence-electron chi connectivity index (χ0n) is 39.0. The first kappa shape index (κ1) is 48.8. The summed E-state index contributed by atoms with van der Waals surface area (Å²) in [5.41, 5.74) is 4.91. The molecule has 8 rings (SSSR count). The molecule has 2 amide bonds. The number of rotatable bonds is 23. The SMILES string of the molecule is C=CCCOC(=O)N(Cc1ccc2c(c1)OCO2)C1CC(=NOCc2ccccc2)C2=CC(CCCCO)C(CCCCO)C3c4cc(OC(=O)NCc5ccccc5)ccc4OC1(OCC=C)C23. The maximum Gasteiger partial charge on any atom is 0.412 e. The first-order valence-electron chi connectivity index (χ1n) is 24.0. The Morgan fingerprint density at radius 2 is 1.58 bits per heavy atom. The van der Waals surface area contributed by atoms with Gasteiger partial charge in [-0.05, 0) is 96.5 Å². The number of benzene rings is 4. The van der Waals surface area contributed by atoms with E-state index in [0.717, 1.165) is 53.5 Å². The number of aliphatic hydroxyl groups excluding tert-OH is 2. The summed E-state index contributed by atoms with van der Waals surface area (Å²) >= 11 is 0. The monoisotopic (exact) mass is 941 g/mol. The summed E-state index contributed by atoms with van der Waals surface area (Å²) in [4.78, 5) is 36.2. The van der Waals surface area contributed by atoms with E-state index in [1.165, 1.54) is 0 Å². The standard InChI is InChI=1S/C55H63N3O11/c1-3-5-29-63-54(62)58(35-40-22-24-48-49(30-40)65-37-64-48)50-33-46(57-67-36-39-18-10-7-11-19-39)44-31-41(20-12-14-26-59)43(21-13-15-27-60)51-45-32-42(68-53(61)56-34-38-16-8-6-9-17-38)23-25-47(45)69-55(50,52(44)51)66-28-4-2/h3-4,6-11,16-19,22-25,30-32,41,43,50-52,59-60H,1-2,5,12-15,20-21,26-29,33-37H2,(H,56,61). The molecule has 14 heteroatoms. The fourth-order valence-corrected chi connectivity index (χ4v) is 10.2. The molecule has 4 aliphatic rings. The quantitative estimate of drug-likeness (QED) is 0.0368. The van der Waals surface area contributed by atoms with Gasteiger partial charge in [0.2, 0.25) is 12.6 Å². The Morgan fingerprint density at radius 1 is 0.841 bits per heavy atom. The number of carbonyl (C=O) groups is 2. The molecule has 0 saturated heterocycles. The van der Waals surface area contributed by atoms with Gasteiger partial charge in [0.25, 0.3) is 0 Å². The Bertz CT molecular complexity index is 2450. The van der Waals surface area contributed by atoms with Crippen LogP contribution < -0.4 is 24.3 Å². The fourth-order valence-electron chi connectivity index (χ4n) is 10.2. The molecule has 0 aromatic heterocycles. The van der Waals surface area contributed by atoms with Crippen LogP contribution in [0.4, 0.5) is 9.59 Å². The number of allylic oxidation sites excluding steroid dienone is 1. The van der Waals surface area contributed by atoms with Crippen molar-refractivity contribution in [1.29, 1.82) is 0 Å². The van der Waals surface area contributed by atoms with E-state index in [1.54, 1.807) is 23.1 Å². The van der Waals surface area contributed by atoms with Gasteiger partial charge in [-0.25, -0.2) is 9.59 Å². The fraction of sp³-hybridized carbons (Fsp3) is 0.400. The Kier molecular flexibility index (Phi) is 16.7. The lowest BCUT2D eigenvalue weighted by molar-refractivity contribution is -0.256. The van der Waals surface area contributed by atoms with Gasteiger partial charge in [0, 0.05) is 44.2 Å². The van der Waals surface area contributed by atoms with Crippen molar-refractivity contribution in [3.8, 4) is 23.0 Å². The molecule has 4 aromatic carbocycles. The summed E-state index contributed by atoms with van der Waals surface area (Å²) in [6, 6.07) is 29.5. The van der Waals surface area contributed by atoms with Crippen LogP contribution in [-0.4, -0.2) is 78.1 Å². The smallest absolute Gasteiger partial charge is 0.412 e. The molecule has 6 atom stereocenters. The van der Waals surface area contributed by atoms with Crippen LogP contribution in [0.2, 0.25) is 0 Å². The Balaban J connectivity index is 1.29. The molecule has 2 aliphatic carbocycles. The summed E-state index contributed by atoms with van der Waals surface area (Å²) in [5, 5.41) is 27.9. The molecule has 4 aromatic rings. The molecule has 0 radical (unpaired) electrons. The number of aliphatic hydroxyl groups is 2. The van der Waals surface area contributed by atoms with E-state index >= 15 is 0 Å². The number of unbranched alkanes of at least 4 members (excludes halogenated alkanes) is 2. The highest BCUT2D eigenvalue weighted by Gasteiger charge is 2.65. The third kappa shape index (κ3) is 11.5. The molecule has 2 aliphatic heterocycles. The maximum absolute atomic E-state index is 14.9. The minimum absolute atomic E-state index is 0.0160. The molecule has 1 fully saturated rings. The van der Waals surface area contributed by atoms with Crippen molar-refractivity contribution in [2.75, 3.05) is 33.2 Å². The van der Waals surface area contributed by atoms with Gasteiger partial charge in [0.05, 0.1) is 24.8 Å². The van der Waals surface area contributed by atoms with Crippen LogP contribution in [0.5, 0.6) is 23.0 Å². The maximum atomic E-state index is 14.9. The average molecular weight is 942 g/mol. The average Bonchev–Trinajstić information content (AvgIpc) is 3.85. The number of nitrogens with one attached hydrogen (secondary N) is 1. The summed E-state index contributed by atoms with van der Waals surface area (Å²) in [6.45, 7) is 8.82. The van der Waals surface area contributed by atoms with Crippen LogP contribution in [0.25, 0.3) is 0 Å². The summed E-state index contributed by atoms with van der Waals surface area (Å²) in [5.74, 6) is -0.610. The Hall–Kier alpha value is -6.61. The van der Waals surface area contributed by atoms with Gasteiger partial charge in [-0.1, -0.05) is 103 Å². The summed E-state index contributed by atoms with van der Waals surface area (Å²) < 4.78 is 38.0. The molecule has 14 nitrogen and oxygen atoms in total. The first-order valence-corrected chi connectivity index (χ1v) is 24.0. The van der Waals surface area contributed by atoms with Gasteiger partial charge in [0.15, 0.2) is 11.5 Å². The third-order valence-corrected chi connectivity index (χ3v) is 13.3. The van der Waals surface area contributed by atoms with E-state index in [9.17, 15) is 19.8 Å². The van der Waals surface area contributed by atoms with Crippen molar-refractivity contribution < 1.29 is 53.1 Å². The number of hydrogen-bond donors (Lipinski definition) is 3. The largest absolute Gasteiger partial charge is 0.459 e. The minimum atomic E-state index is -1.56. The normalized spacial score (nSPS) is 22.3. The van der Waals surface area contributed by atoms with Gasteiger partial charge in [0.1, 0.15) is 24.1 Å². The highest BCUT2D eigenvalue weighted by atomic mass is 16.7. The van der Waals surface area contributed by atoms with Crippen molar-refractivity contribution in [3.05, 3.63) is 156 Å². The molecular weight excluding hydrogens is 879 g/mol. The topological polar surface area (TPSA) is 167 Å². The van der Waals surface area contributed by atoms with Crippen molar-refractivity contribution in [3.63, 3.8) is 0 Å². The lowest BCUT2D eigenvalue weighted by Crippen LogP contribution is -2.70. The number of ether oxygens (including phenoxy) is 6. The number of hydrogen-bond acceptors (Lipinski definition) is 12. The zero-order valence-corrected chi connectivity index (χ0v) is 39.0. The van der Waals surface area contributed by atoms with E-state index < -0.39 is 29.9 Å². The zero-order chi connectivity index (χ0) is 48.0. The molecule has 3 N–H and O–H groups in total. The van der Waals surface area contributed by atoms with Crippen molar-refractivity contribution in [2.24, 2.45) is 22.9 Å². The van der Waals surface area contributed by atoms with Crippen LogP contribution in [0, 0.1) is 17.8 Å². The highest BCUT2D eigenvalue weighted by Crippen LogP contribution is 2.62. The Labute approximate surface area is 404 Å². The number of oxime groups is 1. The van der Waals surface area contributed by atoms with E-state index in [1.807, 2.05) is 91.0 Å². The van der Waals surface area contributed by atoms with Crippen LogP contribution in [-0.2, 0) is 34.0 Å². The molecule has 0 spiro atoms. The van der Waals surface area contributed by atoms with Gasteiger partial charge in [-0.15, -0.1) is 13.2 Å². The second-order valence-electron chi connectivity index (χ2n) is 17.8. The van der Waals surface area contributed by atoms with Crippen molar-refractivity contribution in [1.82, 2.24) is 10.2 Å². The molecular formula is C55H63N3O11. The number of fused-ring (bicyclic) bond motifs is 3. The third-order valence-electron chi connectivity index (χ3n) is 13.3. The van der Waals surface area contributed by atoms with Crippen molar-refractivity contribution >= 4 is 17.9 Å². The van der Waals surface area contributed by atoms with Crippen LogP contribution in [0.15, 0.2) is 139 Å². The number of carbonyl (C=O) groups excluding carboxylic acids is 2. The van der Waals surface area contributed by atoms with Gasteiger partial charge in [-0.2, -0.15) is 0 Å². The van der Waals surface area contributed by atoms with Crippen molar-refractivity contribution in [2.45, 2.75) is 88.8 Å². The first-order chi connectivity index (χ1) is 33.8. The van der Waals surface area contributed by atoms with E-state index in [2.05, 4.69) is 24.6 Å². The molecule has 69 heavy (non-hydrogen) atoms. The van der Waals surface area contributed by atoms with E-state index in [0.29, 0.717) is 48.0 Å². The van der Waals surface area contributed by atoms with Gasteiger partial charge >= 0.3 is 12.2 Å². The summed E-state index contributed by atoms with van der Waals surface area (Å²) in [6.07, 6.45) is 9.26. The Morgan fingerprint density at radius 3 is 2.33 bits per heavy atom. The second kappa shape index (κ2) is 23.6. The number of amides is 2. The summed E-state index contributed by atoms with van der Waals surface area (Å²) in [7, 11) is 0. The van der Waals surface area contributed by atoms with Gasteiger partial charge in [-0.3, -0.25) is 4.90 Å². The molecule has 364 valence electrons. The van der Waals surface area contributed by atoms with Gasteiger partial charge < -0.3 is 48.8 Å². The molecule has 6 unspecified atom stereocenters. The second-order valence-corrected chi connectivity index (χ2v) is 17.8. The molecule has 1 saturated carbocycles. The predicted octanol–water partition coefficient (Wildman–Crippen LogP) is 9.75. The van der Waals surface area contributed by atoms with Crippen LogP contribution >= 0.6 is 0 Å². The van der Waals surface area contributed by atoms with Crippen LogP contribution in [0.3, 0.4) is 0 Å². The van der Waals surface area contributed by atoms with E-state index in [-0.39, 0.29) is 77.1 Å². The lowest BCUT2D eigenvalue weighted by Gasteiger charge is -2.59. The number of nitrogens with zero attached hydrogens (tertiary/aromatic N) is 2. The minimum Gasteiger partial charge on any atom is -0.459 e. The molecule has 2 heterocycles. The van der Waals surface area contributed by atoms with Crippen LogP contribution in [0.1, 0.15) is 79.5 Å². The highest BCUT2D eigenvalue weighted by molar-refractivity contribution is 6.03. The predicted molar refractivity (Wildman–Crippen MR) is 260 cm³/mol. The molecule has 0 bridgehead atoms. The lowest BCUT2D eigenvalue weighted by atomic mass is 9.55.